The lowest BCUT2D eigenvalue weighted by atomic mass is 10.1. The Morgan fingerprint density at radius 2 is 1.80 bits per heavy atom. The molecule has 0 saturated carbocycles. The lowest BCUT2D eigenvalue weighted by molar-refractivity contribution is 0.0996. The molecule has 0 unspecified atom stereocenters. The second kappa shape index (κ2) is 9.45. The van der Waals surface area contributed by atoms with E-state index in [2.05, 4.69) is 25.9 Å². The maximum Gasteiger partial charge on any atom is 0.350 e. The first kappa shape index (κ1) is 25.0. The number of amides is 1. The average molecular weight is 538 g/mol. The number of primary amides is 1. The molecule has 0 aliphatic rings. The molecule has 40 heavy (non-hydrogen) atoms. The van der Waals surface area contributed by atoms with Crippen molar-refractivity contribution in [3.63, 3.8) is 0 Å². The van der Waals surface area contributed by atoms with Crippen molar-refractivity contribution in [2.75, 3.05) is 0 Å². The Morgan fingerprint density at radius 3 is 2.45 bits per heavy atom. The monoisotopic (exact) mass is 537 g/mol. The van der Waals surface area contributed by atoms with Gasteiger partial charge in [-0.1, -0.05) is 23.4 Å². The highest BCUT2D eigenvalue weighted by Crippen LogP contribution is 2.35. The maximum atomic E-state index is 14.3. The fourth-order valence-corrected chi connectivity index (χ4v) is 5.03. The van der Waals surface area contributed by atoms with E-state index in [1.165, 1.54) is 16.8 Å². The molecule has 0 radical (unpaired) electrons. The molecule has 0 aliphatic heterocycles. The summed E-state index contributed by atoms with van der Waals surface area (Å²) in [5.41, 5.74) is 9.88. The van der Waals surface area contributed by atoms with Gasteiger partial charge >= 0.3 is 5.69 Å². The van der Waals surface area contributed by atoms with Crippen LogP contribution >= 0.6 is 0 Å². The van der Waals surface area contributed by atoms with Gasteiger partial charge in [-0.25, -0.2) is 18.4 Å². The molecule has 4 heterocycles. The molecule has 4 aromatic heterocycles. The van der Waals surface area contributed by atoms with Crippen molar-refractivity contribution in [2.45, 2.75) is 20.4 Å². The van der Waals surface area contributed by atoms with Gasteiger partial charge in [-0.3, -0.25) is 9.78 Å². The highest BCUT2D eigenvalue weighted by atomic mass is 19.1. The summed E-state index contributed by atoms with van der Waals surface area (Å²) >= 11 is 0. The minimum atomic E-state index is -0.843. The zero-order valence-corrected chi connectivity index (χ0v) is 21.9. The Bertz CT molecular complexity index is 1980. The SMILES string of the molecule is CCn1c(-c2ccc(-n3c(C)nn(C)c3=O)cc2)cc2ccnc(-c3cc(-c4ccc(C(N)=O)c(F)c4)on3)c21. The number of hydrogen-bond donors (Lipinski definition) is 1. The number of aryl methyl sites for hydroxylation is 3. The second-order valence-electron chi connectivity index (χ2n) is 9.34. The smallest absolute Gasteiger partial charge is 0.350 e. The lowest BCUT2D eigenvalue weighted by Gasteiger charge is -2.11. The fourth-order valence-electron chi connectivity index (χ4n) is 5.03. The van der Waals surface area contributed by atoms with Gasteiger partial charge in [0.05, 0.1) is 16.8 Å². The number of carbonyl (C=O) groups excluding carboxylic acids is 1. The van der Waals surface area contributed by atoms with Crippen LogP contribution in [0, 0.1) is 12.7 Å². The van der Waals surface area contributed by atoms with Crippen molar-refractivity contribution in [1.82, 2.24) is 29.1 Å². The van der Waals surface area contributed by atoms with Crippen LogP contribution in [0.5, 0.6) is 0 Å². The molecule has 10 nitrogen and oxygen atoms in total. The quantitative estimate of drug-likeness (QED) is 0.334. The molecule has 1 amide bonds. The predicted molar refractivity (Wildman–Crippen MR) is 147 cm³/mol. The summed E-state index contributed by atoms with van der Waals surface area (Å²) in [5, 5.41) is 9.38. The molecule has 0 fully saturated rings. The minimum absolute atomic E-state index is 0.195. The van der Waals surface area contributed by atoms with Gasteiger partial charge in [-0.05, 0) is 55.8 Å². The molecule has 0 aliphatic carbocycles. The lowest BCUT2D eigenvalue weighted by Crippen LogP contribution is -2.21. The zero-order chi connectivity index (χ0) is 28.1. The summed E-state index contributed by atoms with van der Waals surface area (Å²) in [4.78, 5) is 28.5. The summed E-state index contributed by atoms with van der Waals surface area (Å²) in [6.07, 6.45) is 1.71. The molecular weight excluding hydrogens is 513 g/mol. The van der Waals surface area contributed by atoms with Crippen molar-refractivity contribution in [1.29, 1.82) is 0 Å². The summed E-state index contributed by atoms with van der Waals surface area (Å²) in [7, 11) is 1.63. The van der Waals surface area contributed by atoms with E-state index in [9.17, 15) is 14.0 Å². The van der Waals surface area contributed by atoms with E-state index in [1.807, 2.05) is 37.3 Å². The van der Waals surface area contributed by atoms with Crippen LogP contribution in [0.4, 0.5) is 4.39 Å². The summed E-state index contributed by atoms with van der Waals surface area (Å²) in [5.74, 6) is -0.639. The molecule has 2 N–H and O–H groups in total. The van der Waals surface area contributed by atoms with E-state index in [0.717, 1.165) is 27.8 Å². The van der Waals surface area contributed by atoms with Crippen molar-refractivity contribution >= 4 is 16.8 Å². The molecule has 0 bridgehead atoms. The summed E-state index contributed by atoms with van der Waals surface area (Å²) in [6, 6.07) is 17.5. The number of hydrogen-bond acceptors (Lipinski definition) is 6. The maximum absolute atomic E-state index is 14.3. The first-order chi connectivity index (χ1) is 19.3. The average Bonchev–Trinajstić information content (AvgIpc) is 3.64. The van der Waals surface area contributed by atoms with Crippen LogP contribution in [0.1, 0.15) is 23.1 Å². The summed E-state index contributed by atoms with van der Waals surface area (Å²) in [6.45, 7) is 4.50. The van der Waals surface area contributed by atoms with Crippen LogP contribution in [-0.4, -0.2) is 35.0 Å². The van der Waals surface area contributed by atoms with Crippen molar-refractivity contribution < 1.29 is 13.7 Å². The highest BCUT2D eigenvalue weighted by Gasteiger charge is 2.19. The van der Waals surface area contributed by atoms with E-state index in [1.54, 1.807) is 36.9 Å². The molecule has 0 atom stereocenters. The van der Waals surface area contributed by atoms with Gasteiger partial charge in [0.1, 0.15) is 23.0 Å². The third-order valence-corrected chi connectivity index (χ3v) is 6.90. The molecular formula is C29H24FN7O3. The van der Waals surface area contributed by atoms with Gasteiger partial charge in [-0.15, -0.1) is 0 Å². The van der Waals surface area contributed by atoms with Crippen LogP contribution in [0.25, 0.3) is 50.6 Å². The molecule has 0 spiro atoms. The number of nitrogens with zero attached hydrogens (tertiary/aromatic N) is 6. The number of fused-ring (bicyclic) bond motifs is 1. The number of aromatic nitrogens is 6. The van der Waals surface area contributed by atoms with Crippen molar-refractivity contribution in [2.24, 2.45) is 12.8 Å². The number of carbonyl (C=O) groups is 1. The van der Waals surface area contributed by atoms with Gasteiger partial charge in [-0.2, -0.15) is 5.10 Å². The van der Waals surface area contributed by atoms with Crippen molar-refractivity contribution in [3.8, 4) is 39.7 Å². The van der Waals surface area contributed by atoms with E-state index < -0.39 is 11.7 Å². The summed E-state index contributed by atoms with van der Waals surface area (Å²) < 4.78 is 24.9. The number of benzene rings is 2. The second-order valence-corrected chi connectivity index (χ2v) is 9.34. The Morgan fingerprint density at radius 1 is 1.05 bits per heavy atom. The first-order valence-electron chi connectivity index (χ1n) is 12.5. The molecule has 11 heteroatoms. The highest BCUT2D eigenvalue weighted by molar-refractivity contribution is 5.96. The molecule has 0 saturated heterocycles. The van der Waals surface area contributed by atoms with Crippen LogP contribution in [0.3, 0.4) is 0 Å². The molecule has 200 valence electrons. The van der Waals surface area contributed by atoms with Crippen LogP contribution in [-0.2, 0) is 13.6 Å². The van der Waals surface area contributed by atoms with E-state index in [0.29, 0.717) is 35.1 Å². The third kappa shape index (κ3) is 3.99. The third-order valence-electron chi connectivity index (χ3n) is 6.90. The Labute approximate surface area is 227 Å². The van der Waals surface area contributed by atoms with Crippen LogP contribution in [0.2, 0.25) is 0 Å². The minimum Gasteiger partial charge on any atom is -0.366 e. The van der Waals surface area contributed by atoms with Crippen molar-refractivity contribution in [3.05, 3.63) is 94.5 Å². The molecule has 2 aromatic carbocycles. The van der Waals surface area contributed by atoms with Crippen LogP contribution < -0.4 is 11.4 Å². The number of nitrogens with two attached hydrogens (primary N) is 1. The Kier molecular flexibility index (Phi) is 5.91. The van der Waals surface area contributed by atoms with Gasteiger partial charge < -0.3 is 14.8 Å². The topological polar surface area (TPSA) is 127 Å². The standard InChI is InChI=1S/C29H24FN7O3/c1-4-36-24(17-5-8-20(9-6-17)37-16(2)33-35(3)29(37)39)14-19-11-12-32-26(27(19)36)23-15-25(40-34-23)18-7-10-21(28(31)38)22(30)13-18/h5-15H,4H2,1-3H3,(H2,31,38). The fraction of sp³-hybridized carbons (Fsp3) is 0.138. The number of halogens is 1. The largest absolute Gasteiger partial charge is 0.366 e. The zero-order valence-electron chi connectivity index (χ0n) is 21.9. The molecule has 6 aromatic rings. The van der Waals surface area contributed by atoms with Gasteiger partial charge in [0, 0.05) is 42.5 Å². The Balaban J connectivity index is 1.41. The van der Waals surface area contributed by atoms with E-state index in [4.69, 9.17) is 10.3 Å². The van der Waals surface area contributed by atoms with Gasteiger partial charge in [0.2, 0.25) is 0 Å². The number of pyridine rings is 1. The van der Waals surface area contributed by atoms with Gasteiger partial charge in [0.25, 0.3) is 5.91 Å². The Hall–Kier alpha value is -5.32. The van der Waals surface area contributed by atoms with Crippen LogP contribution in [0.15, 0.2) is 76.2 Å². The van der Waals surface area contributed by atoms with E-state index in [-0.39, 0.29) is 11.3 Å². The van der Waals surface area contributed by atoms with E-state index >= 15 is 0 Å². The predicted octanol–water partition coefficient (Wildman–Crippen LogP) is 4.48. The number of rotatable bonds is 6. The molecule has 6 rings (SSSR count). The van der Waals surface area contributed by atoms with Gasteiger partial charge in [0.15, 0.2) is 5.76 Å². The normalized spacial score (nSPS) is 11.4. The first-order valence-corrected chi connectivity index (χ1v) is 12.5.